The minimum absolute atomic E-state index is 0.0156. The Labute approximate surface area is 81.2 Å². The summed E-state index contributed by atoms with van der Waals surface area (Å²) in [5, 5.41) is 13.2. The van der Waals surface area contributed by atoms with Crippen LogP contribution in [0.25, 0.3) is 0 Å². The van der Waals surface area contributed by atoms with Crippen molar-refractivity contribution in [1.29, 1.82) is 5.26 Å². The number of primary amides is 1. The molecule has 78 valence electrons. The smallest absolute Gasteiger partial charge is 0.404 e. The van der Waals surface area contributed by atoms with Gasteiger partial charge in [0, 0.05) is 6.54 Å². The van der Waals surface area contributed by atoms with Crippen molar-refractivity contribution >= 4 is 12.0 Å². The molecule has 0 radical (unpaired) electrons. The fourth-order valence-corrected chi connectivity index (χ4v) is 0.626. The number of nitrogens with two attached hydrogens (primary N) is 1. The number of carbonyl (C=O) groups is 2. The highest BCUT2D eigenvalue weighted by molar-refractivity contribution is 5.78. The summed E-state index contributed by atoms with van der Waals surface area (Å²) in [6.45, 7) is 0.506. The summed E-state index contributed by atoms with van der Waals surface area (Å²) >= 11 is 0. The van der Waals surface area contributed by atoms with Crippen LogP contribution in [0.1, 0.15) is 0 Å². The monoisotopic (exact) mass is 200 g/mol. The molecule has 14 heavy (non-hydrogen) atoms. The molecule has 0 heterocycles. The largest absolute Gasteiger partial charge is 0.448 e. The number of amides is 2. The van der Waals surface area contributed by atoms with Crippen LogP contribution >= 0.6 is 0 Å². The van der Waals surface area contributed by atoms with E-state index in [1.54, 1.807) is 6.07 Å². The molecule has 4 N–H and O–H groups in total. The van der Waals surface area contributed by atoms with Crippen LogP contribution in [0.3, 0.4) is 0 Å². The van der Waals surface area contributed by atoms with Gasteiger partial charge in [0.25, 0.3) is 0 Å². The van der Waals surface area contributed by atoms with E-state index in [2.05, 4.69) is 15.4 Å². The molecule has 0 aromatic heterocycles. The van der Waals surface area contributed by atoms with Gasteiger partial charge in [-0.2, -0.15) is 5.26 Å². The number of nitriles is 1. The average Bonchev–Trinajstić information content (AvgIpc) is 2.13. The van der Waals surface area contributed by atoms with E-state index in [1.807, 2.05) is 0 Å². The molecule has 0 bridgehead atoms. The number of nitrogens with one attached hydrogen (secondary N) is 2. The summed E-state index contributed by atoms with van der Waals surface area (Å²) < 4.78 is 4.40. The zero-order valence-corrected chi connectivity index (χ0v) is 7.58. The molecule has 7 heteroatoms. The Bertz CT molecular complexity index is 236. The number of carbonyl (C=O) groups excluding carboxylic acids is 2. The number of ether oxygens (including phenoxy) is 1. The first kappa shape index (κ1) is 12.2. The minimum Gasteiger partial charge on any atom is -0.448 e. The second kappa shape index (κ2) is 7.82. The average molecular weight is 200 g/mol. The standard InChI is InChI=1S/C7H12N4O3/c8-1-2-11-6(12)5-10-3-4-14-7(9)13/h10H,2-5H2,(H2,9,13)(H,11,12). The van der Waals surface area contributed by atoms with Crippen molar-refractivity contribution in [2.24, 2.45) is 5.73 Å². The van der Waals surface area contributed by atoms with E-state index in [0.717, 1.165) is 0 Å². The van der Waals surface area contributed by atoms with E-state index in [4.69, 9.17) is 11.0 Å². The second-order valence-corrected chi connectivity index (χ2v) is 2.28. The first-order valence-corrected chi connectivity index (χ1v) is 3.93. The maximum Gasteiger partial charge on any atom is 0.404 e. The van der Waals surface area contributed by atoms with Gasteiger partial charge in [-0.3, -0.25) is 4.79 Å². The lowest BCUT2D eigenvalue weighted by molar-refractivity contribution is -0.120. The van der Waals surface area contributed by atoms with Crippen molar-refractivity contribution < 1.29 is 14.3 Å². The van der Waals surface area contributed by atoms with Crippen LogP contribution in [0.5, 0.6) is 0 Å². The van der Waals surface area contributed by atoms with Gasteiger partial charge in [0.05, 0.1) is 12.6 Å². The van der Waals surface area contributed by atoms with Crippen LogP contribution in [-0.4, -0.2) is 38.2 Å². The normalized spacial score (nSPS) is 8.79. The number of nitrogens with zero attached hydrogens (tertiary/aromatic N) is 1. The van der Waals surface area contributed by atoms with Crippen LogP contribution in [0.2, 0.25) is 0 Å². The summed E-state index contributed by atoms with van der Waals surface area (Å²) in [5.74, 6) is -0.286. The van der Waals surface area contributed by atoms with Gasteiger partial charge in [0.1, 0.15) is 13.2 Å². The topological polar surface area (TPSA) is 117 Å². The Morgan fingerprint density at radius 2 is 2.21 bits per heavy atom. The third-order valence-electron chi connectivity index (χ3n) is 1.17. The van der Waals surface area contributed by atoms with Crippen LogP contribution in [0.15, 0.2) is 0 Å². The summed E-state index contributed by atoms with van der Waals surface area (Å²) in [6.07, 6.45) is -0.847. The van der Waals surface area contributed by atoms with Crippen LogP contribution in [0.4, 0.5) is 4.79 Å². The van der Waals surface area contributed by atoms with Gasteiger partial charge in [-0.25, -0.2) is 4.79 Å². The number of rotatable bonds is 6. The Kier molecular flexibility index (Phi) is 6.81. The van der Waals surface area contributed by atoms with Crippen LogP contribution in [-0.2, 0) is 9.53 Å². The van der Waals surface area contributed by atoms with Crippen molar-refractivity contribution in [3.05, 3.63) is 0 Å². The van der Waals surface area contributed by atoms with E-state index in [-0.39, 0.29) is 25.6 Å². The summed E-state index contributed by atoms with van der Waals surface area (Å²) in [4.78, 5) is 20.9. The Hall–Kier alpha value is -1.81. The molecular formula is C7H12N4O3. The molecule has 0 unspecified atom stereocenters. The molecule has 0 aliphatic carbocycles. The van der Waals surface area contributed by atoms with Gasteiger partial charge in [-0.15, -0.1) is 0 Å². The maximum absolute atomic E-state index is 10.8. The van der Waals surface area contributed by atoms with Gasteiger partial charge in [0.2, 0.25) is 5.91 Å². The molecule has 0 saturated heterocycles. The highest BCUT2D eigenvalue weighted by atomic mass is 16.5. The van der Waals surface area contributed by atoms with Crippen molar-refractivity contribution in [1.82, 2.24) is 10.6 Å². The van der Waals surface area contributed by atoms with Gasteiger partial charge < -0.3 is 21.1 Å². The Morgan fingerprint density at radius 3 is 2.79 bits per heavy atom. The van der Waals surface area contributed by atoms with E-state index in [0.29, 0.717) is 6.54 Å². The highest BCUT2D eigenvalue weighted by Gasteiger charge is 1.98. The Morgan fingerprint density at radius 1 is 1.50 bits per heavy atom. The highest BCUT2D eigenvalue weighted by Crippen LogP contribution is 1.71. The second-order valence-electron chi connectivity index (χ2n) is 2.28. The molecule has 0 aromatic carbocycles. The van der Waals surface area contributed by atoms with E-state index >= 15 is 0 Å². The molecule has 0 saturated carbocycles. The van der Waals surface area contributed by atoms with Crippen molar-refractivity contribution in [2.75, 3.05) is 26.2 Å². The molecule has 0 aliphatic rings. The fourth-order valence-electron chi connectivity index (χ4n) is 0.626. The SMILES string of the molecule is N#CCNC(=O)CNCCOC(N)=O. The third-order valence-corrected chi connectivity index (χ3v) is 1.17. The van der Waals surface area contributed by atoms with Crippen molar-refractivity contribution in [3.8, 4) is 6.07 Å². The van der Waals surface area contributed by atoms with E-state index in [1.165, 1.54) is 0 Å². The Balaban J connectivity index is 3.24. The van der Waals surface area contributed by atoms with Gasteiger partial charge in [-0.05, 0) is 0 Å². The lowest BCUT2D eigenvalue weighted by Crippen LogP contribution is -2.35. The fraction of sp³-hybridized carbons (Fsp3) is 0.571. The van der Waals surface area contributed by atoms with Crippen molar-refractivity contribution in [3.63, 3.8) is 0 Å². The summed E-state index contributed by atoms with van der Waals surface area (Å²) in [5.41, 5.74) is 4.70. The first-order chi connectivity index (χ1) is 6.66. The molecule has 0 spiro atoms. The summed E-state index contributed by atoms with van der Waals surface area (Å²) in [6, 6.07) is 1.77. The minimum atomic E-state index is -0.847. The zero-order chi connectivity index (χ0) is 10.8. The van der Waals surface area contributed by atoms with E-state index in [9.17, 15) is 9.59 Å². The number of hydrogen-bond acceptors (Lipinski definition) is 5. The van der Waals surface area contributed by atoms with Crippen LogP contribution in [0, 0.1) is 11.3 Å². The molecule has 0 aromatic rings. The van der Waals surface area contributed by atoms with E-state index < -0.39 is 6.09 Å². The van der Waals surface area contributed by atoms with Gasteiger partial charge >= 0.3 is 6.09 Å². The summed E-state index contributed by atoms with van der Waals surface area (Å²) in [7, 11) is 0. The predicted octanol–water partition coefficient (Wildman–Crippen LogP) is -1.69. The number of hydrogen-bond donors (Lipinski definition) is 3. The maximum atomic E-state index is 10.8. The molecule has 0 fully saturated rings. The van der Waals surface area contributed by atoms with Crippen molar-refractivity contribution in [2.45, 2.75) is 0 Å². The molecule has 0 rings (SSSR count). The lowest BCUT2D eigenvalue weighted by Gasteiger charge is -2.03. The molecular weight excluding hydrogens is 188 g/mol. The molecule has 0 aliphatic heterocycles. The first-order valence-electron chi connectivity index (χ1n) is 3.93. The quantitative estimate of drug-likeness (QED) is 0.349. The lowest BCUT2D eigenvalue weighted by atomic mass is 10.5. The molecule has 7 nitrogen and oxygen atoms in total. The predicted molar refractivity (Wildman–Crippen MR) is 47.0 cm³/mol. The van der Waals surface area contributed by atoms with Crippen LogP contribution < -0.4 is 16.4 Å². The molecule has 2 amide bonds. The zero-order valence-electron chi connectivity index (χ0n) is 7.58. The molecule has 0 atom stereocenters. The van der Waals surface area contributed by atoms with Gasteiger partial charge in [-0.1, -0.05) is 0 Å². The van der Waals surface area contributed by atoms with Gasteiger partial charge in [0.15, 0.2) is 0 Å². The third kappa shape index (κ3) is 8.29.